The number of rotatable bonds is 7. The summed E-state index contributed by atoms with van der Waals surface area (Å²) < 4.78 is 0. The summed E-state index contributed by atoms with van der Waals surface area (Å²) in [5.41, 5.74) is 0.397. The standard InChI is InChI=1S/C17H23ClN4O3/c1-2-9-22-11-12(10-15(22)23)21-17(25)20-8-7-19-16(24)13-5-3-4-6-14(13)18/h3-6,12H,2,7-11H2,1H3,(H,19,24)(H2,20,21,25)/t12-/m0/s1. The van der Waals surface area contributed by atoms with Gasteiger partial charge in [-0.15, -0.1) is 0 Å². The number of halogens is 1. The van der Waals surface area contributed by atoms with Crippen LogP contribution in [0.4, 0.5) is 4.79 Å². The Bertz CT molecular complexity index is 638. The zero-order valence-electron chi connectivity index (χ0n) is 14.2. The lowest BCUT2D eigenvalue weighted by Crippen LogP contribution is -2.45. The first-order chi connectivity index (χ1) is 12.0. The third kappa shape index (κ3) is 5.63. The van der Waals surface area contributed by atoms with Crippen molar-refractivity contribution in [3.8, 4) is 0 Å². The maximum absolute atomic E-state index is 12.0. The number of hydrogen-bond acceptors (Lipinski definition) is 3. The van der Waals surface area contributed by atoms with Gasteiger partial charge in [0.25, 0.3) is 5.91 Å². The summed E-state index contributed by atoms with van der Waals surface area (Å²) in [6.07, 6.45) is 1.23. The van der Waals surface area contributed by atoms with Crippen LogP contribution in [0.1, 0.15) is 30.1 Å². The highest BCUT2D eigenvalue weighted by Crippen LogP contribution is 2.14. The summed E-state index contributed by atoms with van der Waals surface area (Å²) in [5.74, 6) is -0.219. The summed E-state index contributed by atoms with van der Waals surface area (Å²) in [4.78, 5) is 37.3. The molecule has 7 nitrogen and oxygen atoms in total. The van der Waals surface area contributed by atoms with Gasteiger partial charge >= 0.3 is 6.03 Å². The van der Waals surface area contributed by atoms with E-state index in [1.807, 2.05) is 6.92 Å². The van der Waals surface area contributed by atoms with E-state index in [9.17, 15) is 14.4 Å². The van der Waals surface area contributed by atoms with Crippen molar-refractivity contribution in [1.29, 1.82) is 0 Å². The lowest BCUT2D eigenvalue weighted by atomic mass is 10.2. The van der Waals surface area contributed by atoms with Crippen LogP contribution >= 0.6 is 11.6 Å². The first-order valence-corrected chi connectivity index (χ1v) is 8.74. The number of carbonyl (C=O) groups excluding carboxylic acids is 3. The van der Waals surface area contributed by atoms with E-state index in [-0.39, 0.29) is 37.0 Å². The maximum atomic E-state index is 12.0. The van der Waals surface area contributed by atoms with Gasteiger partial charge in [-0.1, -0.05) is 30.7 Å². The minimum absolute atomic E-state index is 0.0687. The van der Waals surface area contributed by atoms with Crippen molar-refractivity contribution < 1.29 is 14.4 Å². The Labute approximate surface area is 152 Å². The molecule has 4 amide bonds. The average molecular weight is 367 g/mol. The van der Waals surface area contributed by atoms with Gasteiger partial charge in [0.1, 0.15) is 0 Å². The zero-order valence-corrected chi connectivity index (χ0v) is 14.9. The molecule has 25 heavy (non-hydrogen) atoms. The van der Waals surface area contributed by atoms with Gasteiger partial charge in [0.2, 0.25) is 5.91 Å². The van der Waals surface area contributed by atoms with Crippen molar-refractivity contribution in [1.82, 2.24) is 20.9 Å². The Morgan fingerprint density at radius 1 is 1.24 bits per heavy atom. The van der Waals surface area contributed by atoms with Crippen LogP contribution in [0.25, 0.3) is 0 Å². The molecule has 0 radical (unpaired) electrons. The minimum Gasteiger partial charge on any atom is -0.350 e. The highest BCUT2D eigenvalue weighted by atomic mass is 35.5. The summed E-state index contributed by atoms with van der Waals surface area (Å²) in [7, 11) is 0. The van der Waals surface area contributed by atoms with Gasteiger partial charge < -0.3 is 20.9 Å². The first-order valence-electron chi connectivity index (χ1n) is 8.36. The molecule has 1 aliphatic heterocycles. The highest BCUT2D eigenvalue weighted by molar-refractivity contribution is 6.33. The number of hydrogen-bond donors (Lipinski definition) is 3. The molecule has 1 aromatic carbocycles. The summed E-state index contributed by atoms with van der Waals surface area (Å²) in [5, 5.41) is 8.52. The molecule has 8 heteroatoms. The molecule has 136 valence electrons. The van der Waals surface area contributed by atoms with Crippen molar-refractivity contribution in [3.63, 3.8) is 0 Å². The molecule has 0 aliphatic carbocycles. The second kappa shape index (κ2) is 9.27. The van der Waals surface area contributed by atoms with Crippen LogP contribution in [0.5, 0.6) is 0 Å². The molecule has 2 rings (SSSR count). The number of nitrogens with zero attached hydrogens (tertiary/aromatic N) is 1. The van der Waals surface area contributed by atoms with Crippen LogP contribution < -0.4 is 16.0 Å². The van der Waals surface area contributed by atoms with E-state index in [2.05, 4.69) is 16.0 Å². The maximum Gasteiger partial charge on any atom is 0.315 e. The Hall–Kier alpha value is -2.28. The fourth-order valence-electron chi connectivity index (χ4n) is 2.68. The number of amides is 4. The summed E-state index contributed by atoms with van der Waals surface area (Å²) >= 11 is 5.95. The van der Waals surface area contributed by atoms with E-state index in [0.29, 0.717) is 30.1 Å². The molecule has 1 saturated heterocycles. The van der Waals surface area contributed by atoms with Crippen molar-refractivity contribution in [3.05, 3.63) is 34.9 Å². The lowest BCUT2D eigenvalue weighted by Gasteiger charge is -2.16. The quantitative estimate of drug-likeness (QED) is 0.637. The van der Waals surface area contributed by atoms with E-state index in [4.69, 9.17) is 11.6 Å². The second-order valence-electron chi connectivity index (χ2n) is 5.88. The first kappa shape index (κ1) is 19.1. The third-order valence-electron chi connectivity index (χ3n) is 3.86. The average Bonchev–Trinajstić information content (AvgIpc) is 2.91. The highest BCUT2D eigenvalue weighted by Gasteiger charge is 2.29. The van der Waals surface area contributed by atoms with Crippen molar-refractivity contribution in [2.75, 3.05) is 26.2 Å². The summed E-state index contributed by atoms with van der Waals surface area (Å²) in [6, 6.07) is 6.25. The van der Waals surface area contributed by atoms with Crippen LogP contribution in [0.15, 0.2) is 24.3 Å². The Balaban J connectivity index is 1.65. The fraction of sp³-hybridized carbons (Fsp3) is 0.471. The molecule has 0 aromatic heterocycles. The molecular formula is C17H23ClN4O3. The smallest absolute Gasteiger partial charge is 0.315 e. The normalized spacial score (nSPS) is 16.6. The van der Waals surface area contributed by atoms with Gasteiger partial charge in [-0.05, 0) is 18.6 Å². The second-order valence-corrected chi connectivity index (χ2v) is 6.28. The van der Waals surface area contributed by atoms with Crippen LogP contribution in [-0.2, 0) is 4.79 Å². The molecule has 0 unspecified atom stereocenters. The molecule has 1 heterocycles. The van der Waals surface area contributed by atoms with Crippen LogP contribution in [0.3, 0.4) is 0 Å². The molecule has 1 fully saturated rings. The lowest BCUT2D eigenvalue weighted by molar-refractivity contribution is -0.127. The van der Waals surface area contributed by atoms with Gasteiger partial charge in [-0.25, -0.2) is 4.79 Å². The molecule has 1 atom stereocenters. The topological polar surface area (TPSA) is 90.5 Å². The molecule has 1 aliphatic rings. The van der Waals surface area contributed by atoms with E-state index in [1.165, 1.54) is 0 Å². The fourth-order valence-corrected chi connectivity index (χ4v) is 2.91. The largest absolute Gasteiger partial charge is 0.350 e. The summed E-state index contributed by atoms with van der Waals surface area (Å²) in [6.45, 7) is 3.83. The predicted octanol–water partition coefficient (Wildman–Crippen LogP) is 1.38. The zero-order chi connectivity index (χ0) is 18.2. The van der Waals surface area contributed by atoms with Gasteiger partial charge in [-0.2, -0.15) is 0 Å². The SMILES string of the molecule is CCCN1C[C@@H](NC(=O)NCCNC(=O)c2ccccc2Cl)CC1=O. The van der Waals surface area contributed by atoms with Crippen LogP contribution in [0, 0.1) is 0 Å². The number of benzene rings is 1. The number of likely N-dealkylation sites (tertiary alicyclic amines) is 1. The third-order valence-corrected chi connectivity index (χ3v) is 4.19. The molecule has 0 saturated carbocycles. The Kier molecular flexibility index (Phi) is 7.06. The van der Waals surface area contributed by atoms with Crippen molar-refractivity contribution in [2.45, 2.75) is 25.8 Å². The molecule has 1 aromatic rings. The van der Waals surface area contributed by atoms with Crippen molar-refractivity contribution >= 4 is 29.4 Å². The predicted molar refractivity (Wildman–Crippen MR) is 95.6 cm³/mol. The van der Waals surface area contributed by atoms with Gasteiger partial charge in [0.15, 0.2) is 0 Å². The van der Waals surface area contributed by atoms with Crippen molar-refractivity contribution in [2.24, 2.45) is 0 Å². The van der Waals surface area contributed by atoms with E-state index < -0.39 is 0 Å². The molecular weight excluding hydrogens is 344 g/mol. The van der Waals surface area contributed by atoms with E-state index in [1.54, 1.807) is 29.2 Å². The monoisotopic (exact) mass is 366 g/mol. The van der Waals surface area contributed by atoms with E-state index >= 15 is 0 Å². The molecule has 3 N–H and O–H groups in total. The number of carbonyl (C=O) groups is 3. The molecule has 0 spiro atoms. The molecule has 0 bridgehead atoms. The Morgan fingerprint density at radius 3 is 2.68 bits per heavy atom. The number of nitrogens with one attached hydrogen (secondary N) is 3. The van der Waals surface area contributed by atoms with Gasteiger partial charge in [-0.3, -0.25) is 9.59 Å². The van der Waals surface area contributed by atoms with Gasteiger partial charge in [0.05, 0.1) is 16.6 Å². The van der Waals surface area contributed by atoms with Gasteiger partial charge in [0, 0.05) is 32.6 Å². The van der Waals surface area contributed by atoms with E-state index in [0.717, 1.165) is 6.42 Å². The van der Waals surface area contributed by atoms with Crippen LogP contribution in [0.2, 0.25) is 5.02 Å². The minimum atomic E-state index is -0.344. The van der Waals surface area contributed by atoms with Crippen LogP contribution in [-0.4, -0.2) is 55.0 Å². The number of urea groups is 1. The Morgan fingerprint density at radius 2 is 1.96 bits per heavy atom.